The molecular weight excluding hydrogens is 202 g/mol. The molecule has 0 saturated carbocycles. The first kappa shape index (κ1) is 10.9. The first-order chi connectivity index (χ1) is 7.70. The van der Waals surface area contributed by atoms with Gasteiger partial charge in [0.2, 0.25) is 0 Å². The maximum absolute atomic E-state index is 11.8. The Morgan fingerprint density at radius 1 is 1.62 bits per heavy atom. The van der Waals surface area contributed by atoms with Gasteiger partial charge in [0.1, 0.15) is 0 Å². The van der Waals surface area contributed by atoms with E-state index in [0.717, 1.165) is 36.3 Å². The van der Waals surface area contributed by atoms with Crippen molar-refractivity contribution in [2.24, 2.45) is 5.92 Å². The largest absolute Gasteiger partial charge is 0.326 e. The summed E-state index contributed by atoms with van der Waals surface area (Å²) in [5.74, 6) is -0.115. The van der Waals surface area contributed by atoms with E-state index in [1.165, 1.54) is 0 Å². The number of nitriles is 1. The van der Waals surface area contributed by atoms with Crippen LogP contribution in [0.5, 0.6) is 0 Å². The maximum Gasteiger partial charge on any atom is 0.251 e. The van der Waals surface area contributed by atoms with Crippen LogP contribution in [0.4, 0.5) is 0 Å². The lowest BCUT2D eigenvalue weighted by Crippen LogP contribution is -2.28. The fourth-order valence-corrected chi connectivity index (χ4v) is 2.00. The minimum Gasteiger partial charge on any atom is -0.326 e. The Hall–Kier alpha value is -1.60. The number of aromatic nitrogens is 1. The van der Waals surface area contributed by atoms with Gasteiger partial charge in [0.05, 0.1) is 6.07 Å². The van der Waals surface area contributed by atoms with E-state index in [0.29, 0.717) is 6.42 Å². The molecule has 0 aromatic carbocycles. The van der Waals surface area contributed by atoms with Crippen molar-refractivity contribution in [1.29, 1.82) is 5.26 Å². The summed E-state index contributed by atoms with van der Waals surface area (Å²) in [6.45, 7) is 3.55. The summed E-state index contributed by atoms with van der Waals surface area (Å²) in [4.78, 5) is 14.7. The maximum atomic E-state index is 11.8. The number of aromatic amines is 1. The lowest BCUT2D eigenvalue weighted by atomic mass is 9.99. The molecule has 16 heavy (non-hydrogen) atoms. The first-order valence-corrected chi connectivity index (χ1v) is 5.55. The van der Waals surface area contributed by atoms with Gasteiger partial charge in [-0.3, -0.25) is 4.79 Å². The van der Waals surface area contributed by atoms with Crippen LogP contribution < -0.4 is 10.9 Å². The van der Waals surface area contributed by atoms with Gasteiger partial charge in [-0.15, -0.1) is 0 Å². The van der Waals surface area contributed by atoms with Crippen molar-refractivity contribution >= 4 is 0 Å². The second-order valence-electron chi connectivity index (χ2n) is 4.29. The molecule has 0 bridgehead atoms. The minimum atomic E-state index is -0.115. The third kappa shape index (κ3) is 2.15. The number of hydrogen-bond acceptors (Lipinski definition) is 3. The average molecular weight is 217 g/mol. The highest BCUT2D eigenvalue weighted by molar-refractivity contribution is 5.28. The van der Waals surface area contributed by atoms with Crippen molar-refractivity contribution in [3.05, 3.63) is 33.2 Å². The molecule has 2 rings (SSSR count). The SMILES string of the molecule is CC(C#N)Cc1cc2c([nH]c1=O)CCNC2. The van der Waals surface area contributed by atoms with E-state index in [2.05, 4.69) is 16.4 Å². The molecule has 0 amide bonds. The molecular formula is C12H15N3O. The second kappa shape index (κ2) is 4.50. The molecule has 1 aliphatic rings. The fourth-order valence-electron chi connectivity index (χ4n) is 2.00. The van der Waals surface area contributed by atoms with Gasteiger partial charge in [0.15, 0.2) is 0 Å². The molecule has 0 spiro atoms. The highest BCUT2D eigenvalue weighted by Gasteiger charge is 2.13. The molecule has 4 nitrogen and oxygen atoms in total. The molecule has 1 aromatic rings. The van der Waals surface area contributed by atoms with E-state index in [-0.39, 0.29) is 11.5 Å². The number of fused-ring (bicyclic) bond motifs is 1. The summed E-state index contributed by atoms with van der Waals surface area (Å²) in [5, 5.41) is 12.0. The van der Waals surface area contributed by atoms with Crippen LogP contribution in [0.25, 0.3) is 0 Å². The van der Waals surface area contributed by atoms with Crippen LogP contribution in [0, 0.1) is 17.2 Å². The third-order valence-corrected chi connectivity index (χ3v) is 2.91. The van der Waals surface area contributed by atoms with E-state index in [9.17, 15) is 4.79 Å². The summed E-state index contributed by atoms with van der Waals surface area (Å²) in [6, 6.07) is 4.09. The average Bonchev–Trinajstić information content (AvgIpc) is 2.30. The van der Waals surface area contributed by atoms with Crippen molar-refractivity contribution in [3.63, 3.8) is 0 Å². The lowest BCUT2D eigenvalue weighted by molar-refractivity contribution is 0.623. The molecule has 1 atom stereocenters. The van der Waals surface area contributed by atoms with E-state index < -0.39 is 0 Å². The van der Waals surface area contributed by atoms with Gasteiger partial charge in [0.25, 0.3) is 5.56 Å². The topological polar surface area (TPSA) is 68.7 Å². The van der Waals surface area contributed by atoms with Gasteiger partial charge in [0, 0.05) is 36.7 Å². The number of nitrogens with one attached hydrogen (secondary N) is 2. The third-order valence-electron chi connectivity index (χ3n) is 2.91. The van der Waals surface area contributed by atoms with Crippen molar-refractivity contribution in [3.8, 4) is 6.07 Å². The zero-order chi connectivity index (χ0) is 11.5. The zero-order valence-electron chi connectivity index (χ0n) is 9.34. The predicted octanol–water partition coefficient (Wildman–Crippen LogP) is 0.723. The van der Waals surface area contributed by atoms with E-state index >= 15 is 0 Å². The number of H-pyrrole nitrogens is 1. The summed E-state index contributed by atoms with van der Waals surface area (Å²) >= 11 is 0. The molecule has 2 N–H and O–H groups in total. The van der Waals surface area contributed by atoms with E-state index in [1.807, 2.05) is 13.0 Å². The highest BCUT2D eigenvalue weighted by atomic mass is 16.1. The van der Waals surface area contributed by atoms with Gasteiger partial charge >= 0.3 is 0 Å². The first-order valence-electron chi connectivity index (χ1n) is 5.55. The smallest absolute Gasteiger partial charge is 0.251 e. The number of rotatable bonds is 2. The number of nitrogens with zero attached hydrogens (tertiary/aromatic N) is 1. The molecule has 1 aliphatic heterocycles. The lowest BCUT2D eigenvalue weighted by Gasteiger charge is -2.17. The van der Waals surface area contributed by atoms with Crippen LogP contribution >= 0.6 is 0 Å². The van der Waals surface area contributed by atoms with Crippen LogP contribution in [0.2, 0.25) is 0 Å². The number of hydrogen-bond donors (Lipinski definition) is 2. The van der Waals surface area contributed by atoms with Crippen molar-refractivity contribution in [2.45, 2.75) is 26.3 Å². The van der Waals surface area contributed by atoms with Gasteiger partial charge in [-0.05, 0) is 25.0 Å². The number of pyridine rings is 1. The molecule has 0 fully saturated rings. The highest BCUT2D eigenvalue weighted by Crippen LogP contribution is 2.12. The molecule has 84 valence electrons. The normalized spacial score (nSPS) is 16.2. The molecule has 0 saturated heterocycles. The van der Waals surface area contributed by atoms with Crippen LogP contribution in [0.1, 0.15) is 23.7 Å². The Balaban J connectivity index is 2.33. The van der Waals surface area contributed by atoms with E-state index in [4.69, 9.17) is 5.26 Å². The van der Waals surface area contributed by atoms with Crippen molar-refractivity contribution in [2.75, 3.05) is 6.54 Å². The van der Waals surface area contributed by atoms with Crippen molar-refractivity contribution < 1.29 is 0 Å². The minimum absolute atomic E-state index is 0.0391. The van der Waals surface area contributed by atoms with Gasteiger partial charge in [-0.25, -0.2) is 0 Å². The summed E-state index contributed by atoms with van der Waals surface area (Å²) in [6.07, 6.45) is 1.40. The van der Waals surface area contributed by atoms with Gasteiger partial charge < -0.3 is 10.3 Å². The monoisotopic (exact) mass is 217 g/mol. The Morgan fingerprint density at radius 2 is 2.44 bits per heavy atom. The van der Waals surface area contributed by atoms with Gasteiger partial charge in [-0.2, -0.15) is 5.26 Å². The molecule has 1 unspecified atom stereocenters. The van der Waals surface area contributed by atoms with Crippen molar-refractivity contribution in [1.82, 2.24) is 10.3 Å². The molecule has 0 aliphatic carbocycles. The predicted molar refractivity (Wildman–Crippen MR) is 61.0 cm³/mol. The Morgan fingerprint density at radius 3 is 3.19 bits per heavy atom. The standard InChI is InChI=1S/C12H15N3O/c1-8(6-13)4-9-5-10-7-14-3-2-11(10)15-12(9)16/h5,8,14H,2-4,7H2,1H3,(H,15,16). The summed E-state index contributed by atoms with van der Waals surface area (Å²) in [5.41, 5.74) is 2.88. The Labute approximate surface area is 94.3 Å². The van der Waals surface area contributed by atoms with Gasteiger partial charge in [-0.1, -0.05) is 0 Å². The van der Waals surface area contributed by atoms with Crippen LogP contribution in [0.3, 0.4) is 0 Å². The molecule has 2 heterocycles. The summed E-state index contributed by atoms with van der Waals surface area (Å²) < 4.78 is 0. The van der Waals surface area contributed by atoms with Crippen LogP contribution in [-0.4, -0.2) is 11.5 Å². The Bertz CT molecular complexity index is 484. The Kier molecular flexibility index (Phi) is 3.07. The second-order valence-corrected chi connectivity index (χ2v) is 4.29. The fraction of sp³-hybridized carbons (Fsp3) is 0.500. The van der Waals surface area contributed by atoms with Crippen LogP contribution in [0.15, 0.2) is 10.9 Å². The van der Waals surface area contributed by atoms with E-state index in [1.54, 1.807) is 0 Å². The quantitative estimate of drug-likeness (QED) is 0.767. The molecule has 0 radical (unpaired) electrons. The molecule has 1 aromatic heterocycles. The van der Waals surface area contributed by atoms with Crippen LogP contribution in [-0.2, 0) is 19.4 Å². The molecule has 4 heteroatoms. The summed E-state index contributed by atoms with van der Waals surface area (Å²) in [7, 11) is 0. The zero-order valence-corrected chi connectivity index (χ0v) is 9.34.